The van der Waals surface area contributed by atoms with Gasteiger partial charge in [-0.2, -0.15) is 0 Å². The van der Waals surface area contributed by atoms with Crippen molar-refractivity contribution in [1.29, 1.82) is 0 Å². The number of ketones is 1. The number of hydrogen-bond acceptors (Lipinski definition) is 3. The number of carbonyl (C=O) groups excluding carboxylic acids is 1. The van der Waals surface area contributed by atoms with E-state index in [1.165, 1.54) is 0 Å². The molecule has 12 heavy (non-hydrogen) atoms. The van der Waals surface area contributed by atoms with Crippen molar-refractivity contribution in [3.63, 3.8) is 0 Å². The fourth-order valence-electron chi connectivity index (χ4n) is 0.975. The summed E-state index contributed by atoms with van der Waals surface area (Å²) in [6.07, 6.45) is 1.66. The Morgan fingerprint density at radius 3 is 3.00 bits per heavy atom. The number of rotatable bonds is 3. The lowest BCUT2D eigenvalue weighted by atomic mass is 10.1. The lowest BCUT2D eigenvalue weighted by Gasteiger charge is -2.00. The molecule has 64 valence electrons. The zero-order chi connectivity index (χ0) is 8.97. The van der Waals surface area contributed by atoms with Crippen molar-refractivity contribution < 1.29 is 4.79 Å². The molecular formula is C9H12N2O. The first-order valence-electron chi connectivity index (χ1n) is 3.84. The van der Waals surface area contributed by atoms with E-state index in [0.717, 1.165) is 11.3 Å². The largest absolute Gasteiger partial charge is 0.314 e. The van der Waals surface area contributed by atoms with E-state index in [9.17, 15) is 4.79 Å². The molecule has 1 rings (SSSR count). The minimum absolute atomic E-state index is 0.0785. The summed E-state index contributed by atoms with van der Waals surface area (Å²) in [5.74, 6) is 0.0785. The molecule has 0 atom stereocenters. The van der Waals surface area contributed by atoms with Gasteiger partial charge in [-0.25, -0.2) is 0 Å². The Balaban J connectivity index is 2.88. The molecule has 0 aromatic carbocycles. The van der Waals surface area contributed by atoms with E-state index in [4.69, 9.17) is 0 Å². The summed E-state index contributed by atoms with van der Waals surface area (Å²) in [6.45, 7) is 2.25. The van der Waals surface area contributed by atoms with Crippen LogP contribution < -0.4 is 5.32 Å². The Bertz CT molecular complexity index is 284. The molecule has 3 heteroatoms. The lowest BCUT2D eigenvalue weighted by molar-refractivity contribution is 0.101. The second-order valence-corrected chi connectivity index (χ2v) is 2.62. The highest BCUT2D eigenvalue weighted by atomic mass is 16.1. The van der Waals surface area contributed by atoms with Crippen molar-refractivity contribution in [3.05, 3.63) is 29.6 Å². The molecule has 0 aliphatic heterocycles. The maximum Gasteiger partial charge on any atom is 0.159 e. The third kappa shape index (κ3) is 2.13. The van der Waals surface area contributed by atoms with Crippen LogP contribution in [0.5, 0.6) is 0 Å². The SMILES string of the molecule is CNCc1cc(C(C)=O)ccn1. The number of nitrogens with one attached hydrogen (secondary N) is 1. The van der Waals surface area contributed by atoms with Crippen molar-refractivity contribution >= 4 is 5.78 Å². The summed E-state index contributed by atoms with van der Waals surface area (Å²) in [6, 6.07) is 3.53. The average Bonchev–Trinajstić information content (AvgIpc) is 2.05. The van der Waals surface area contributed by atoms with Gasteiger partial charge in [0.25, 0.3) is 0 Å². The quantitative estimate of drug-likeness (QED) is 0.678. The van der Waals surface area contributed by atoms with Gasteiger partial charge in [0.1, 0.15) is 0 Å². The van der Waals surface area contributed by atoms with Crippen LogP contribution in [0.3, 0.4) is 0 Å². The number of Topliss-reactive ketones (excluding diaryl/α,β-unsaturated/α-hetero) is 1. The first kappa shape index (κ1) is 8.87. The maximum atomic E-state index is 11.0. The van der Waals surface area contributed by atoms with E-state index in [1.807, 2.05) is 7.05 Å². The van der Waals surface area contributed by atoms with Crippen LogP contribution in [-0.2, 0) is 6.54 Å². The van der Waals surface area contributed by atoms with Crippen LogP contribution in [0.4, 0.5) is 0 Å². The fraction of sp³-hybridized carbons (Fsp3) is 0.333. The summed E-state index contributed by atoms with van der Waals surface area (Å²) in [7, 11) is 1.85. The Kier molecular flexibility index (Phi) is 2.94. The number of nitrogens with zero attached hydrogens (tertiary/aromatic N) is 1. The van der Waals surface area contributed by atoms with Crippen molar-refractivity contribution in [1.82, 2.24) is 10.3 Å². The van der Waals surface area contributed by atoms with Gasteiger partial charge >= 0.3 is 0 Å². The van der Waals surface area contributed by atoms with Gasteiger partial charge in [0.05, 0.1) is 5.69 Å². The van der Waals surface area contributed by atoms with Gasteiger partial charge < -0.3 is 5.32 Å². The zero-order valence-electron chi connectivity index (χ0n) is 7.29. The lowest BCUT2D eigenvalue weighted by Crippen LogP contribution is -2.07. The molecule has 0 unspecified atom stereocenters. The normalized spacial score (nSPS) is 9.83. The van der Waals surface area contributed by atoms with E-state index in [2.05, 4.69) is 10.3 Å². The Hall–Kier alpha value is -1.22. The van der Waals surface area contributed by atoms with Gasteiger partial charge in [0, 0.05) is 18.3 Å². The minimum atomic E-state index is 0.0785. The molecule has 0 saturated carbocycles. The first-order valence-corrected chi connectivity index (χ1v) is 3.84. The molecule has 0 saturated heterocycles. The van der Waals surface area contributed by atoms with Crippen LogP contribution in [0.1, 0.15) is 23.0 Å². The monoisotopic (exact) mass is 164 g/mol. The predicted octanol–water partition coefficient (Wildman–Crippen LogP) is 1.00. The Morgan fingerprint density at radius 1 is 1.67 bits per heavy atom. The van der Waals surface area contributed by atoms with Crippen LogP contribution in [-0.4, -0.2) is 17.8 Å². The van der Waals surface area contributed by atoms with Crippen molar-refractivity contribution in [3.8, 4) is 0 Å². The first-order chi connectivity index (χ1) is 5.74. The molecule has 1 aromatic rings. The van der Waals surface area contributed by atoms with Crippen LogP contribution in [0.2, 0.25) is 0 Å². The molecule has 1 heterocycles. The Labute approximate surface area is 71.8 Å². The van der Waals surface area contributed by atoms with Crippen LogP contribution >= 0.6 is 0 Å². The van der Waals surface area contributed by atoms with E-state index in [-0.39, 0.29) is 5.78 Å². The number of carbonyl (C=O) groups is 1. The summed E-state index contributed by atoms with van der Waals surface area (Å²) < 4.78 is 0. The molecule has 0 aliphatic carbocycles. The molecule has 1 N–H and O–H groups in total. The van der Waals surface area contributed by atoms with Crippen molar-refractivity contribution in [2.45, 2.75) is 13.5 Å². The molecule has 0 amide bonds. The summed E-state index contributed by atoms with van der Waals surface area (Å²) in [4.78, 5) is 15.1. The zero-order valence-corrected chi connectivity index (χ0v) is 7.29. The standard InChI is InChI=1S/C9H12N2O/c1-7(12)8-3-4-11-9(5-8)6-10-2/h3-5,10H,6H2,1-2H3. The van der Waals surface area contributed by atoms with Gasteiger partial charge in [0.2, 0.25) is 0 Å². The molecular weight excluding hydrogens is 152 g/mol. The van der Waals surface area contributed by atoms with Crippen molar-refractivity contribution in [2.24, 2.45) is 0 Å². The van der Waals surface area contributed by atoms with Gasteiger partial charge in [-0.05, 0) is 26.1 Å². The Morgan fingerprint density at radius 2 is 2.42 bits per heavy atom. The van der Waals surface area contributed by atoms with Crippen LogP contribution in [0, 0.1) is 0 Å². The average molecular weight is 164 g/mol. The highest BCUT2D eigenvalue weighted by Crippen LogP contribution is 2.01. The van der Waals surface area contributed by atoms with Gasteiger partial charge in [0.15, 0.2) is 5.78 Å². The van der Waals surface area contributed by atoms with Crippen LogP contribution in [0.15, 0.2) is 18.3 Å². The van der Waals surface area contributed by atoms with Crippen LogP contribution in [0.25, 0.3) is 0 Å². The smallest absolute Gasteiger partial charge is 0.159 e. The number of hydrogen-bond donors (Lipinski definition) is 1. The second kappa shape index (κ2) is 3.97. The van der Waals surface area contributed by atoms with E-state index in [0.29, 0.717) is 6.54 Å². The molecule has 0 spiro atoms. The van der Waals surface area contributed by atoms with Crippen molar-refractivity contribution in [2.75, 3.05) is 7.05 Å². The topological polar surface area (TPSA) is 42.0 Å². The van der Waals surface area contributed by atoms with Gasteiger partial charge in [-0.15, -0.1) is 0 Å². The fourth-order valence-corrected chi connectivity index (χ4v) is 0.975. The molecule has 0 radical (unpaired) electrons. The minimum Gasteiger partial charge on any atom is -0.314 e. The molecule has 0 bridgehead atoms. The predicted molar refractivity (Wildman–Crippen MR) is 47.0 cm³/mol. The maximum absolute atomic E-state index is 11.0. The molecule has 3 nitrogen and oxygen atoms in total. The third-order valence-corrected chi connectivity index (χ3v) is 1.58. The second-order valence-electron chi connectivity index (χ2n) is 2.62. The third-order valence-electron chi connectivity index (χ3n) is 1.58. The van der Waals surface area contributed by atoms with E-state index >= 15 is 0 Å². The highest BCUT2D eigenvalue weighted by Gasteiger charge is 1.99. The molecule has 1 aromatic heterocycles. The van der Waals surface area contributed by atoms with Gasteiger partial charge in [-0.3, -0.25) is 9.78 Å². The highest BCUT2D eigenvalue weighted by molar-refractivity contribution is 5.93. The summed E-state index contributed by atoms with van der Waals surface area (Å²) in [5.41, 5.74) is 1.61. The number of aromatic nitrogens is 1. The number of pyridine rings is 1. The molecule has 0 aliphatic rings. The van der Waals surface area contributed by atoms with Gasteiger partial charge in [-0.1, -0.05) is 0 Å². The summed E-state index contributed by atoms with van der Waals surface area (Å²) in [5, 5.41) is 2.98. The van der Waals surface area contributed by atoms with E-state index in [1.54, 1.807) is 25.3 Å². The van der Waals surface area contributed by atoms with E-state index < -0.39 is 0 Å². The summed E-state index contributed by atoms with van der Waals surface area (Å²) >= 11 is 0. The molecule has 0 fully saturated rings.